The summed E-state index contributed by atoms with van der Waals surface area (Å²) in [6, 6.07) is 4.13. The van der Waals surface area contributed by atoms with Gasteiger partial charge in [0.05, 0.1) is 6.54 Å². The van der Waals surface area contributed by atoms with E-state index in [4.69, 9.17) is 4.42 Å². The third-order valence-corrected chi connectivity index (χ3v) is 4.86. The second kappa shape index (κ2) is 8.11. The van der Waals surface area contributed by atoms with E-state index >= 15 is 0 Å². The van der Waals surface area contributed by atoms with E-state index in [9.17, 15) is 0 Å². The highest BCUT2D eigenvalue weighted by molar-refractivity contribution is 9.09. The van der Waals surface area contributed by atoms with Crippen molar-refractivity contribution >= 4 is 15.9 Å². The van der Waals surface area contributed by atoms with Gasteiger partial charge in [-0.3, -0.25) is 4.90 Å². The molecule has 3 heteroatoms. The molecule has 0 saturated heterocycles. The van der Waals surface area contributed by atoms with Gasteiger partial charge in [0.2, 0.25) is 0 Å². The number of nitrogens with zero attached hydrogens (tertiary/aromatic N) is 1. The fourth-order valence-corrected chi connectivity index (χ4v) is 3.72. The second-order valence-corrected chi connectivity index (χ2v) is 6.38. The minimum absolute atomic E-state index is 0.403. The van der Waals surface area contributed by atoms with Crippen molar-refractivity contribution in [3.8, 4) is 0 Å². The predicted molar refractivity (Wildman–Crippen MR) is 85.8 cm³/mol. The van der Waals surface area contributed by atoms with Crippen LogP contribution in [-0.4, -0.2) is 23.8 Å². The van der Waals surface area contributed by atoms with Crippen LogP contribution in [0.3, 0.4) is 0 Å². The summed E-state index contributed by atoms with van der Waals surface area (Å²) < 4.78 is 5.67. The number of aryl methyl sites for hydroxylation is 1. The molecule has 1 aromatic rings. The van der Waals surface area contributed by atoms with Gasteiger partial charge in [0.25, 0.3) is 0 Å². The first-order valence-corrected chi connectivity index (χ1v) is 8.47. The van der Waals surface area contributed by atoms with Crippen LogP contribution in [0, 0.1) is 12.3 Å². The number of hydrogen-bond donors (Lipinski definition) is 0. The average molecular weight is 330 g/mol. The van der Waals surface area contributed by atoms with Gasteiger partial charge in [0.1, 0.15) is 11.5 Å². The number of halogens is 1. The van der Waals surface area contributed by atoms with Crippen LogP contribution in [0.15, 0.2) is 16.5 Å². The van der Waals surface area contributed by atoms with Gasteiger partial charge in [0.15, 0.2) is 0 Å². The molecule has 0 N–H and O–H groups in total. The second-order valence-electron chi connectivity index (χ2n) is 5.82. The van der Waals surface area contributed by atoms with E-state index in [2.05, 4.69) is 47.8 Å². The SMILES string of the molecule is CCCC(CBr)(CCC)CN(C)Cc1ccc(C)o1. The average Bonchev–Trinajstić information content (AvgIpc) is 2.75. The van der Waals surface area contributed by atoms with Gasteiger partial charge >= 0.3 is 0 Å². The van der Waals surface area contributed by atoms with Crippen LogP contribution in [0.1, 0.15) is 51.1 Å². The molecule has 0 aliphatic heterocycles. The largest absolute Gasteiger partial charge is 0.465 e. The third kappa shape index (κ3) is 5.31. The maximum absolute atomic E-state index is 5.67. The lowest BCUT2D eigenvalue weighted by molar-refractivity contribution is 0.158. The Bertz CT molecular complexity index is 355. The summed E-state index contributed by atoms with van der Waals surface area (Å²) in [5, 5.41) is 1.09. The zero-order chi connectivity index (χ0) is 14.3. The highest BCUT2D eigenvalue weighted by Crippen LogP contribution is 2.33. The fourth-order valence-electron chi connectivity index (χ4n) is 2.98. The predicted octanol–water partition coefficient (Wildman–Crippen LogP) is 5.00. The first kappa shape index (κ1) is 16.8. The van der Waals surface area contributed by atoms with Gasteiger partial charge in [0, 0.05) is 11.9 Å². The Hall–Kier alpha value is -0.280. The van der Waals surface area contributed by atoms with E-state index in [-0.39, 0.29) is 0 Å². The van der Waals surface area contributed by atoms with Crippen LogP contribution < -0.4 is 0 Å². The van der Waals surface area contributed by atoms with Gasteiger partial charge in [-0.15, -0.1) is 0 Å². The van der Waals surface area contributed by atoms with Crippen molar-refractivity contribution in [2.24, 2.45) is 5.41 Å². The standard InChI is InChI=1S/C16H28BrNO/c1-5-9-16(12-17,10-6-2)13-18(4)11-15-8-7-14(3)19-15/h7-8H,5-6,9-13H2,1-4H3. The smallest absolute Gasteiger partial charge is 0.118 e. The molecule has 1 heterocycles. The van der Waals surface area contributed by atoms with E-state index in [0.717, 1.165) is 29.9 Å². The number of furan rings is 1. The van der Waals surface area contributed by atoms with Crippen molar-refractivity contribution in [1.29, 1.82) is 0 Å². The summed E-state index contributed by atoms with van der Waals surface area (Å²) in [6.45, 7) is 8.59. The topological polar surface area (TPSA) is 16.4 Å². The lowest BCUT2D eigenvalue weighted by atomic mass is 9.81. The Morgan fingerprint density at radius 1 is 1.21 bits per heavy atom. The Morgan fingerprint density at radius 2 is 1.84 bits per heavy atom. The first-order valence-electron chi connectivity index (χ1n) is 7.35. The van der Waals surface area contributed by atoms with Crippen molar-refractivity contribution in [1.82, 2.24) is 4.90 Å². The summed E-state index contributed by atoms with van der Waals surface area (Å²) in [5.41, 5.74) is 0.403. The lowest BCUT2D eigenvalue weighted by Crippen LogP contribution is -2.36. The van der Waals surface area contributed by atoms with Gasteiger partial charge in [-0.25, -0.2) is 0 Å². The molecular formula is C16H28BrNO. The molecule has 1 rings (SSSR count). The van der Waals surface area contributed by atoms with Gasteiger partial charge in [-0.2, -0.15) is 0 Å². The Morgan fingerprint density at radius 3 is 2.26 bits per heavy atom. The molecule has 0 aliphatic carbocycles. The molecule has 110 valence electrons. The van der Waals surface area contributed by atoms with Crippen LogP contribution in [0.25, 0.3) is 0 Å². The molecule has 2 nitrogen and oxygen atoms in total. The van der Waals surface area contributed by atoms with Crippen LogP contribution in [0.2, 0.25) is 0 Å². The monoisotopic (exact) mass is 329 g/mol. The van der Waals surface area contributed by atoms with Crippen molar-refractivity contribution in [3.05, 3.63) is 23.7 Å². The Balaban J connectivity index is 2.61. The maximum Gasteiger partial charge on any atom is 0.118 e. The molecule has 0 bridgehead atoms. The van der Waals surface area contributed by atoms with Gasteiger partial charge in [-0.05, 0) is 44.4 Å². The van der Waals surface area contributed by atoms with E-state index in [0.29, 0.717) is 5.41 Å². The summed E-state index contributed by atoms with van der Waals surface area (Å²) >= 11 is 3.74. The molecule has 0 aliphatic rings. The minimum atomic E-state index is 0.403. The van der Waals surface area contributed by atoms with Crippen LogP contribution in [0.5, 0.6) is 0 Å². The van der Waals surface area contributed by atoms with E-state index in [1.165, 1.54) is 25.7 Å². The fraction of sp³-hybridized carbons (Fsp3) is 0.750. The van der Waals surface area contributed by atoms with E-state index in [1.54, 1.807) is 0 Å². The lowest BCUT2D eigenvalue weighted by Gasteiger charge is -2.35. The number of alkyl halides is 1. The highest BCUT2D eigenvalue weighted by atomic mass is 79.9. The summed E-state index contributed by atoms with van der Waals surface area (Å²) in [7, 11) is 2.20. The van der Waals surface area contributed by atoms with Crippen LogP contribution >= 0.6 is 15.9 Å². The first-order chi connectivity index (χ1) is 9.05. The maximum atomic E-state index is 5.67. The van der Waals surface area contributed by atoms with Gasteiger partial charge < -0.3 is 4.42 Å². The van der Waals surface area contributed by atoms with Crippen molar-refractivity contribution in [3.63, 3.8) is 0 Å². The molecule has 0 saturated carbocycles. The molecule has 0 atom stereocenters. The van der Waals surface area contributed by atoms with Gasteiger partial charge in [-0.1, -0.05) is 42.6 Å². The highest BCUT2D eigenvalue weighted by Gasteiger charge is 2.28. The minimum Gasteiger partial charge on any atom is -0.465 e. The van der Waals surface area contributed by atoms with Crippen molar-refractivity contribution in [2.45, 2.75) is 53.0 Å². The molecular weight excluding hydrogens is 302 g/mol. The number of hydrogen-bond acceptors (Lipinski definition) is 2. The molecule has 1 aromatic heterocycles. The normalized spacial score (nSPS) is 12.3. The molecule has 0 spiro atoms. The van der Waals surface area contributed by atoms with E-state index in [1.807, 2.05) is 13.0 Å². The summed E-state index contributed by atoms with van der Waals surface area (Å²) in [6.07, 6.45) is 5.07. The molecule has 0 fully saturated rings. The zero-order valence-electron chi connectivity index (χ0n) is 12.8. The summed E-state index contributed by atoms with van der Waals surface area (Å²) in [4.78, 5) is 2.39. The Labute approximate surface area is 126 Å². The van der Waals surface area contributed by atoms with Crippen LogP contribution in [0.4, 0.5) is 0 Å². The van der Waals surface area contributed by atoms with Crippen molar-refractivity contribution < 1.29 is 4.42 Å². The number of rotatable bonds is 9. The quantitative estimate of drug-likeness (QED) is 0.592. The van der Waals surface area contributed by atoms with Crippen molar-refractivity contribution in [2.75, 3.05) is 18.9 Å². The third-order valence-electron chi connectivity index (χ3n) is 3.67. The Kier molecular flexibility index (Phi) is 7.16. The van der Waals surface area contributed by atoms with Crippen LogP contribution in [-0.2, 0) is 6.54 Å². The van der Waals surface area contributed by atoms with E-state index < -0.39 is 0 Å². The molecule has 0 radical (unpaired) electrons. The summed E-state index contributed by atoms with van der Waals surface area (Å²) in [5.74, 6) is 2.06. The molecule has 0 amide bonds. The zero-order valence-corrected chi connectivity index (χ0v) is 14.4. The molecule has 0 unspecified atom stereocenters. The molecule has 19 heavy (non-hydrogen) atoms. The molecule has 0 aromatic carbocycles.